The zero-order valence-corrected chi connectivity index (χ0v) is 17.0. The maximum Gasteiger partial charge on any atom is 3.00 e. The topological polar surface area (TPSA) is 120 Å². The fourth-order valence-electron chi connectivity index (χ4n) is 0. The molecule has 97 valence electrons. The fourth-order valence-corrected chi connectivity index (χ4v) is 0. The molecule has 0 heterocycles. The summed E-state index contributed by atoms with van der Waals surface area (Å²) in [5, 5.41) is 0. The predicted molar refractivity (Wildman–Crippen MR) is 57.9 cm³/mol. The standard InChI is InChI=1S/3Cl2HO2P.Nd/c3*1-5(2,3)4;/h3*(H,3,4);/q;;;+3/p-3. The molecule has 0 unspecified atom stereocenters. The van der Waals surface area contributed by atoms with E-state index in [1.165, 1.54) is 0 Å². The third-order valence-electron chi connectivity index (χ3n) is 0. The van der Waals surface area contributed by atoms with E-state index in [1.54, 1.807) is 0 Å². The largest absolute Gasteiger partial charge is 3.00 e. The molecular weight excluding hydrogens is 546 g/mol. The third kappa shape index (κ3) is 366. The van der Waals surface area contributed by atoms with Gasteiger partial charge in [-0.25, -0.2) is 0 Å². The van der Waals surface area contributed by atoms with Crippen molar-refractivity contribution in [2.45, 2.75) is 0 Å². The van der Waals surface area contributed by atoms with E-state index >= 15 is 0 Å². The first-order valence-electron chi connectivity index (χ1n) is 2.11. The van der Waals surface area contributed by atoms with Crippen LogP contribution in [0.25, 0.3) is 0 Å². The van der Waals surface area contributed by atoms with Crippen molar-refractivity contribution in [2.24, 2.45) is 0 Å². The summed E-state index contributed by atoms with van der Waals surface area (Å²) in [5.74, 6) is 0. The van der Waals surface area contributed by atoms with Crippen molar-refractivity contribution >= 4 is 85.7 Å². The second kappa shape index (κ2) is 12.4. The van der Waals surface area contributed by atoms with E-state index in [4.69, 9.17) is 0 Å². The Morgan fingerprint density at radius 1 is 0.562 bits per heavy atom. The van der Waals surface area contributed by atoms with Crippen LogP contribution in [0, 0.1) is 40.8 Å². The van der Waals surface area contributed by atoms with Crippen molar-refractivity contribution < 1.29 is 69.2 Å². The molecule has 0 saturated carbocycles. The molecule has 0 bridgehead atoms. The summed E-state index contributed by atoms with van der Waals surface area (Å²) in [6, 6.07) is 0. The van der Waals surface area contributed by atoms with E-state index in [1.807, 2.05) is 0 Å². The smallest absolute Gasteiger partial charge is 0.776 e. The van der Waals surface area contributed by atoms with Crippen molar-refractivity contribution in [2.75, 3.05) is 0 Å². The monoisotopic (exact) mass is 541 g/mol. The fraction of sp³-hybridized carbons (Fsp3) is 0. The van der Waals surface area contributed by atoms with Crippen molar-refractivity contribution in [1.82, 2.24) is 0 Å². The Kier molecular flexibility index (Phi) is 21.6. The summed E-state index contributed by atoms with van der Waals surface area (Å²) in [7, 11) is 0. The van der Waals surface area contributed by atoms with Crippen LogP contribution in [0.5, 0.6) is 0 Å². The van der Waals surface area contributed by atoms with E-state index in [0.29, 0.717) is 0 Å². The minimum atomic E-state index is -3.94. The Balaban J connectivity index is -0.0000000655. The van der Waals surface area contributed by atoms with Crippen LogP contribution < -0.4 is 14.7 Å². The van der Waals surface area contributed by atoms with Gasteiger partial charge in [0.2, 0.25) is 0 Å². The molecular formula is Cl6NdO6P3. The van der Waals surface area contributed by atoms with Crippen LogP contribution in [0.15, 0.2) is 0 Å². The summed E-state index contributed by atoms with van der Waals surface area (Å²) < 4.78 is 27.6. The molecule has 0 aromatic rings. The molecule has 0 fully saturated rings. The van der Waals surface area contributed by atoms with E-state index < -0.39 is 18.2 Å². The number of rotatable bonds is 0. The van der Waals surface area contributed by atoms with E-state index in [-0.39, 0.29) is 40.8 Å². The van der Waals surface area contributed by atoms with Crippen LogP contribution in [0.1, 0.15) is 0 Å². The maximum absolute atomic E-state index is 9.19. The quantitative estimate of drug-likeness (QED) is 0.432. The molecule has 0 saturated heterocycles. The molecule has 0 aliphatic carbocycles. The number of halogens is 6. The van der Waals surface area contributed by atoms with Crippen molar-refractivity contribution in [3.05, 3.63) is 0 Å². The maximum atomic E-state index is 9.19. The van der Waals surface area contributed by atoms with Crippen LogP contribution in [-0.2, 0) is 13.7 Å². The molecule has 0 aromatic heterocycles. The third-order valence-corrected chi connectivity index (χ3v) is 0. The van der Waals surface area contributed by atoms with Crippen molar-refractivity contribution in [3.8, 4) is 0 Å². The second-order valence-electron chi connectivity index (χ2n) is 1.24. The van der Waals surface area contributed by atoms with Gasteiger partial charge in [-0.05, 0) is 0 Å². The van der Waals surface area contributed by atoms with Crippen LogP contribution >= 0.6 is 85.7 Å². The summed E-state index contributed by atoms with van der Waals surface area (Å²) in [6.45, 7) is 0. The minimum Gasteiger partial charge on any atom is -0.776 e. The summed E-state index contributed by atoms with van der Waals surface area (Å²) in [5.41, 5.74) is 0. The van der Waals surface area contributed by atoms with Crippen LogP contribution in [-0.4, -0.2) is 0 Å². The summed E-state index contributed by atoms with van der Waals surface area (Å²) >= 11 is 25.8. The van der Waals surface area contributed by atoms with Gasteiger partial charge in [0.1, 0.15) is 0 Å². The van der Waals surface area contributed by atoms with Gasteiger partial charge >= 0.3 is 40.8 Å². The number of hydrogen-bond acceptors (Lipinski definition) is 6. The molecule has 0 atom stereocenters. The first-order chi connectivity index (χ1) is 6.00. The van der Waals surface area contributed by atoms with Gasteiger partial charge in [0.05, 0.1) is 0 Å². The molecule has 16 heavy (non-hydrogen) atoms. The minimum absolute atomic E-state index is 0. The van der Waals surface area contributed by atoms with E-state index in [2.05, 4.69) is 67.4 Å². The average Bonchev–Trinajstić information content (AvgIpc) is 1.41. The molecule has 16 heteroatoms. The Labute approximate surface area is 153 Å². The molecule has 0 aromatic carbocycles. The second-order valence-corrected chi connectivity index (χ2v) is 13.3. The van der Waals surface area contributed by atoms with E-state index in [0.717, 1.165) is 0 Å². The molecule has 0 amide bonds. The first-order valence-corrected chi connectivity index (χ1v) is 12.4. The van der Waals surface area contributed by atoms with Crippen molar-refractivity contribution in [3.63, 3.8) is 0 Å². The van der Waals surface area contributed by atoms with Gasteiger partial charge < -0.3 is 28.4 Å². The first kappa shape index (κ1) is 27.9. The SMILES string of the molecule is O=P([O-])(Cl)Cl.O=P([O-])(Cl)Cl.O=P([O-])(Cl)Cl.[Nd+3]. The molecule has 0 aliphatic heterocycles. The van der Waals surface area contributed by atoms with Crippen molar-refractivity contribution in [1.29, 1.82) is 0 Å². The molecule has 0 spiro atoms. The Bertz CT molecular complexity index is 214. The zero-order valence-electron chi connectivity index (χ0n) is 6.56. The van der Waals surface area contributed by atoms with Crippen LogP contribution in [0.3, 0.4) is 0 Å². The van der Waals surface area contributed by atoms with Gasteiger partial charge in [-0.2, -0.15) is 0 Å². The number of hydrogen-bond donors (Lipinski definition) is 0. The summed E-state index contributed by atoms with van der Waals surface area (Å²) in [4.78, 5) is 27.6. The van der Waals surface area contributed by atoms with Gasteiger partial charge in [-0.3, -0.25) is 0 Å². The summed E-state index contributed by atoms with van der Waals surface area (Å²) in [6.07, 6.45) is -11.8. The zero-order chi connectivity index (χ0) is 13.5. The molecule has 6 nitrogen and oxygen atoms in total. The van der Waals surface area contributed by atoms with Gasteiger partial charge in [0.15, 0.2) is 18.2 Å². The average molecular weight is 546 g/mol. The van der Waals surface area contributed by atoms with Crippen LogP contribution in [0.2, 0.25) is 0 Å². The Morgan fingerprint density at radius 3 is 0.562 bits per heavy atom. The van der Waals surface area contributed by atoms with Crippen LogP contribution in [0.4, 0.5) is 0 Å². The normalized spacial score (nSPS) is 11.1. The van der Waals surface area contributed by atoms with Gasteiger partial charge in [-0.15, -0.1) is 0 Å². The Hall–Kier alpha value is 3.66. The van der Waals surface area contributed by atoms with Gasteiger partial charge in [-0.1, -0.05) is 67.4 Å². The predicted octanol–water partition coefficient (Wildman–Crippen LogP) is 2.80. The van der Waals surface area contributed by atoms with Gasteiger partial charge in [0, 0.05) is 0 Å². The molecule has 0 rings (SSSR count). The molecule has 0 N–H and O–H groups in total. The van der Waals surface area contributed by atoms with Gasteiger partial charge in [0.25, 0.3) is 0 Å². The molecule has 0 aliphatic rings. The van der Waals surface area contributed by atoms with E-state index in [9.17, 15) is 28.4 Å². The molecule has 1 radical (unpaired) electrons. The Morgan fingerprint density at radius 2 is 0.562 bits per heavy atom.